The molecule has 0 aromatic carbocycles. The molecule has 62 heavy (non-hydrogen) atoms. The number of carbonyl (C=O) groups is 3. The van der Waals surface area contributed by atoms with E-state index in [0.29, 0.717) is 19.3 Å². The van der Waals surface area contributed by atoms with Crippen molar-refractivity contribution in [3.63, 3.8) is 0 Å². The van der Waals surface area contributed by atoms with E-state index in [1.807, 2.05) is 0 Å². The van der Waals surface area contributed by atoms with E-state index in [9.17, 15) is 14.4 Å². The summed E-state index contributed by atoms with van der Waals surface area (Å²) in [5.74, 6) is -0.842. The fourth-order valence-corrected chi connectivity index (χ4v) is 8.62. The number of carbonyl (C=O) groups excluding carboxylic acids is 3. The molecule has 0 spiro atoms. The quantitative estimate of drug-likeness (QED) is 0.0344. The highest BCUT2D eigenvalue weighted by Crippen LogP contribution is 2.17. The highest BCUT2D eigenvalue weighted by atomic mass is 16.6. The summed E-state index contributed by atoms with van der Waals surface area (Å²) in [7, 11) is 0. The molecule has 0 saturated heterocycles. The van der Waals surface area contributed by atoms with E-state index in [1.165, 1.54) is 225 Å². The molecule has 6 nitrogen and oxygen atoms in total. The van der Waals surface area contributed by atoms with Gasteiger partial charge in [-0.25, -0.2) is 0 Å². The Morgan fingerprint density at radius 1 is 0.258 bits per heavy atom. The van der Waals surface area contributed by atoms with Gasteiger partial charge in [0.15, 0.2) is 6.10 Å². The van der Waals surface area contributed by atoms with Gasteiger partial charge in [0, 0.05) is 19.3 Å². The Morgan fingerprint density at radius 3 is 0.645 bits per heavy atom. The first-order chi connectivity index (χ1) is 30.5. The second kappa shape index (κ2) is 52.0. The van der Waals surface area contributed by atoms with Crippen LogP contribution in [-0.4, -0.2) is 37.2 Å². The molecule has 0 rings (SSSR count). The lowest BCUT2D eigenvalue weighted by molar-refractivity contribution is -0.167. The predicted octanol–water partition coefficient (Wildman–Crippen LogP) is 18.4. The van der Waals surface area contributed by atoms with Gasteiger partial charge in [0.1, 0.15) is 13.2 Å². The lowest BCUT2D eigenvalue weighted by Gasteiger charge is -2.18. The van der Waals surface area contributed by atoms with Crippen molar-refractivity contribution >= 4 is 17.9 Å². The summed E-state index contributed by atoms with van der Waals surface area (Å²) in [6, 6.07) is 0. The minimum Gasteiger partial charge on any atom is -0.462 e. The largest absolute Gasteiger partial charge is 0.462 e. The van der Waals surface area contributed by atoms with E-state index in [1.54, 1.807) is 0 Å². The van der Waals surface area contributed by atoms with Gasteiger partial charge in [-0.15, -0.1) is 0 Å². The molecule has 0 aromatic rings. The molecule has 0 aliphatic heterocycles. The molecule has 0 N–H and O–H groups in total. The van der Waals surface area contributed by atoms with Crippen LogP contribution >= 0.6 is 0 Å². The standard InChI is InChI=1S/C56H108O6/c1-4-7-10-13-16-19-21-23-24-25-26-27-28-29-30-31-32-33-35-37-40-43-46-49-55(58)61-52-53(51-60-54(57)48-45-42-39-36-18-15-12-9-6-3)62-56(59)50-47-44-41-38-34-22-20-17-14-11-8-5-2/h53H,4-52H2,1-3H3. The van der Waals surface area contributed by atoms with Gasteiger partial charge < -0.3 is 14.2 Å². The van der Waals surface area contributed by atoms with E-state index in [4.69, 9.17) is 14.2 Å². The number of hydrogen-bond donors (Lipinski definition) is 0. The molecule has 0 heterocycles. The second-order valence-corrected chi connectivity index (χ2v) is 19.2. The first kappa shape index (κ1) is 60.4. The normalized spacial score (nSPS) is 11.9. The van der Waals surface area contributed by atoms with Crippen LogP contribution < -0.4 is 0 Å². The van der Waals surface area contributed by atoms with Crippen LogP contribution in [0.4, 0.5) is 0 Å². The molecule has 0 aromatic heterocycles. The summed E-state index contributed by atoms with van der Waals surface area (Å²) < 4.78 is 16.8. The zero-order valence-electron chi connectivity index (χ0n) is 42.2. The Bertz CT molecular complexity index is 920. The molecule has 1 unspecified atom stereocenters. The monoisotopic (exact) mass is 877 g/mol. The predicted molar refractivity (Wildman–Crippen MR) is 266 cm³/mol. The van der Waals surface area contributed by atoms with Crippen molar-refractivity contribution in [3.05, 3.63) is 0 Å². The molecular weight excluding hydrogens is 769 g/mol. The van der Waals surface area contributed by atoms with Gasteiger partial charge in [0.25, 0.3) is 0 Å². The van der Waals surface area contributed by atoms with Gasteiger partial charge in [-0.2, -0.15) is 0 Å². The first-order valence-electron chi connectivity index (χ1n) is 28.0. The summed E-state index contributed by atoms with van der Waals surface area (Å²) in [5.41, 5.74) is 0. The summed E-state index contributed by atoms with van der Waals surface area (Å²) in [6.45, 7) is 6.67. The number of hydrogen-bond acceptors (Lipinski definition) is 6. The maximum Gasteiger partial charge on any atom is 0.306 e. The second-order valence-electron chi connectivity index (χ2n) is 19.2. The highest BCUT2D eigenvalue weighted by molar-refractivity contribution is 5.71. The van der Waals surface area contributed by atoms with Gasteiger partial charge in [-0.3, -0.25) is 14.4 Å². The van der Waals surface area contributed by atoms with Crippen LogP contribution in [0.1, 0.15) is 323 Å². The topological polar surface area (TPSA) is 78.9 Å². The van der Waals surface area contributed by atoms with Crippen LogP contribution in [0.5, 0.6) is 0 Å². The van der Waals surface area contributed by atoms with Crippen LogP contribution in [-0.2, 0) is 28.6 Å². The first-order valence-corrected chi connectivity index (χ1v) is 28.0. The smallest absolute Gasteiger partial charge is 0.306 e. The van der Waals surface area contributed by atoms with E-state index in [2.05, 4.69) is 20.8 Å². The number of unbranched alkanes of at least 4 members (excludes halogenated alkanes) is 41. The molecule has 0 aliphatic rings. The van der Waals surface area contributed by atoms with E-state index < -0.39 is 6.10 Å². The van der Waals surface area contributed by atoms with Gasteiger partial charge in [-0.05, 0) is 19.3 Å². The Labute approximate surface area is 387 Å². The third kappa shape index (κ3) is 49.4. The Morgan fingerprint density at radius 2 is 0.435 bits per heavy atom. The molecule has 0 amide bonds. The van der Waals surface area contributed by atoms with Crippen molar-refractivity contribution in [2.75, 3.05) is 13.2 Å². The zero-order valence-corrected chi connectivity index (χ0v) is 42.2. The Balaban J connectivity index is 4.11. The zero-order chi connectivity index (χ0) is 45.1. The minimum atomic E-state index is -0.759. The number of rotatable bonds is 52. The van der Waals surface area contributed by atoms with Crippen LogP contribution in [0.15, 0.2) is 0 Å². The molecule has 368 valence electrons. The lowest BCUT2D eigenvalue weighted by atomic mass is 10.0. The van der Waals surface area contributed by atoms with Crippen molar-refractivity contribution in [1.29, 1.82) is 0 Å². The van der Waals surface area contributed by atoms with Crippen molar-refractivity contribution in [2.24, 2.45) is 0 Å². The van der Waals surface area contributed by atoms with Gasteiger partial charge >= 0.3 is 17.9 Å². The fourth-order valence-electron chi connectivity index (χ4n) is 8.62. The Kier molecular flexibility index (Phi) is 50.7. The van der Waals surface area contributed by atoms with E-state index >= 15 is 0 Å². The SMILES string of the molecule is CCCCCCCCCCCCCCCCCCCCCCCCCC(=O)OCC(COC(=O)CCCCCCCCCCC)OC(=O)CCCCCCCCCCCCCC. The van der Waals surface area contributed by atoms with Gasteiger partial charge in [0.2, 0.25) is 0 Å². The third-order valence-corrected chi connectivity index (χ3v) is 12.9. The summed E-state index contributed by atoms with van der Waals surface area (Å²) in [4.78, 5) is 37.9. The summed E-state index contributed by atoms with van der Waals surface area (Å²) in [5, 5.41) is 0. The summed E-state index contributed by atoms with van der Waals surface area (Å²) in [6.07, 6.45) is 56.8. The van der Waals surface area contributed by atoms with Crippen LogP contribution in [0.25, 0.3) is 0 Å². The molecule has 0 bridgehead atoms. The van der Waals surface area contributed by atoms with Crippen molar-refractivity contribution < 1.29 is 28.6 Å². The maximum atomic E-state index is 12.8. The van der Waals surface area contributed by atoms with Crippen LogP contribution in [0.2, 0.25) is 0 Å². The number of esters is 3. The number of ether oxygens (including phenoxy) is 3. The molecule has 6 heteroatoms. The maximum absolute atomic E-state index is 12.8. The van der Waals surface area contributed by atoms with E-state index in [-0.39, 0.29) is 31.1 Å². The fraction of sp³-hybridized carbons (Fsp3) is 0.946. The van der Waals surface area contributed by atoms with Crippen molar-refractivity contribution in [1.82, 2.24) is 0 Å². The molecule has 0 aliphatic carbocycles. The van der Waals surface area contributed by atoms with Crippen molar-refractivity contribution in [2.45, 2.75) is 329 Å². The highest BCUT2D eigenvalue weighted by Gasteiger charge is 2.19. The molecular formula is C56H108O6. The average Bonchev–Trinajstić information content (AvgIpc) is 3.27. The van der Waals surface area contributed by atoms with Crippen LogP contribution in [0, 0.1) is 0 Å². The van der Waals surface area contributed by atoms with Gasteiger partial charge in [0.05, 0.1) is 0 Å². The van der Waals surface area contributed by atoms with Crippen LogP contribution in [0.3, 0.4) is 0 Å². The molecule has 1 atom stereocenters. The molecule has 0 fully saturated rings. The minimum absolute atomic E-state index is 0.0618. The third-order valence-electron chi connectivity index (χ3n) is 12.9. The summed E-state index contributed by atoms with van der Waals surface area (Å²) >= 11 is 0. The molecule has 0 saturated carbocycles. The molecule has 0 radical (unpaired) electrons. The Hall–Kier alpha value is -1.59. The van der Waals surface area contributed by atoms with Gasteiger partial charge in [-0.1, -0.05) is 284 Å². The average molecular weight is 877 g/mol. The van der Waals surface area contributed by atoms with Crippen molar-refractivity contribution in [3.8, 4) is 0 Å². The van der Waals surface area contributed by atoms with E-state index in [0.717, 1.165) is 57.8 Å². The lowest BCUT2D eigenvalue weighted by Crippen LogP contribution is -2.30.